The van der Waals surface area contributed by atoms with Crippen molar-refractivity contribution in [2.45, 2.75) is 18.8 Å². The molecule has 20 heavy (non-hydrogen) atoms. The summed E-state index contributed by atoms with van der Waals surface area (Å²) in [6.07, 6.45) is 2.68. The SMILES string of the molecule is O=CCC(C=O)CC(c1ccccc1)c1ccccc1. The summed E-state index contributed by atoms with van der Waals surface area (Å²) in [6, 6.07) is 20.2. The molecule has 0 amide bonds. The van der Waals surface area contributed by atoms with Gasteiger partial charge >= 0.3 is 0 Å². The summed E-state index contributed by atoms with van der Waals surface area (Å²) in [5.41, 5.74) is 2.35. The van der Waals surface area contributed by atoms with Crippen LogP contribution in [0.4, 0.5) is 0 Å². The van der Waals surface area contributed by atoms with Crippen LogP contribution in [0.2, 0.25) is 0 Å². The summed E-state index contributed by atoms with van der Waals surface area (Å²) in [5.74, 6) is -0.0783. The lowest BCUT2D eigenvalue weighted by atomic mass is 9.83. The number of rotatable bonds is 7. The number of benzene rings is 2. The van der Waals surface area contributed by atoms with Crippen molar-refractivity contribution in [1.82, 2.24) is 0 Å². The highest BCUT2D eigenvalue weighted by atomic mass is 16.1. The van der Waals surface area contributed by atoms with Crippen molar-refractivity contribution in [3.8, 4) is 0 Å². The standard InChI is InChI=1S/C18H18O2/c19-12-11-15(14-20)13-18(16-7-3-1-4-8-16)17-9-5-2-6-10-17/h1-10,12,14-15,18H,11,13H2. The number of aldehydes is 2. The maximum atomic E-state index is 11.1. The van der Waals surface area contributed by atoms with Gasteiger partial charge in [-0.25, -0.2) is 0 Å². The van der Waals surface area contributed by atoms with Crippen LogP contribution in [0.15, 0.2) is 60.7 Å². The molecule has 0 saturated heterocycles. The van der Waals surface area contributed by atoms with Crippen LogP contribution in [0.25, 0.3) is 0 Å². The van der Waals surface area contributed by atoms with E-state index in [-0.39, 0.29) is 11.8 Å². The Labute approximate surface area is 119 Å². The monoisotopic (exact) mass is 266 g/mol. The van der Waals surface area contributed by atoms with E-state index < -0.39 is 0 Å². The minimum absolute atomic E-state index is 0.146. The highest BCUT2D eigenvalue weighted by Gasteiger charge is 2.19. The third-order valence-corrected chi connectivity index (χ3v) is 3.53. The first-order chi connectivity index (χ1) is 9.85. The van der Waals surface area contributed by atoms with Crippen molar-refractivity contribution >= 4 is 12.6 Å². The molecule has 2 nitrogen and oxygen atoms in total. The lowest BCUT2D eigenvalue weighted by molar-refractivity contribution is -0.115. The molecule has 0 N–H and O–H groups in total. The van der Waals surface area contributed by atoms with Gasteiger partial charge in [-0.2, -0.15) is 0 Å². The maximum absolute atomic E-state index is 11.1. The molecule has 2 aromatic carbocycles. The molecular formula is C18H18O2. The zero-order valence-corrected chi connectivity index (χ0v) is 11.3. The first kappa shape index (κ1) is 14.2. The van der Waals surface area contributed by atoms with Gasteiger partial charge < -0.3 is 9.59 Å². The largest absolute Gasteiger partial charge is 0.303 e. The predicted molar refractivity (Wildman–Crippen MR) is 79.6 cm³/mol. The van der Waals surface area contributed by atoms with Crippen LogP contribution >= 0.6 is 0 Å². The summed E-state index contributed by atoms with van der Waals surface area (Å²) >= 11 is 0. The smallest absolute Gasteiger partial charge is 0.123 e. The van der Waals surface area contributed by atoms with Gasteiger partial charge in [0.05, 0.1) is 0 Å². The molecule has 0 aliphatic rings. The van der Waals surface area contributed by atoms with E-state index in [9.17, 15) is 9.59 Å². The molecule has 0 bridgehead atoms. The van der Waals surface area contributed by atoms with E-state index in [4.69, 9.17) is 0 Å². The van der Waals surface area contributed by atoms with E-state index in [1.807, 2.05) is 36.4 Å². The summed E-state index contributed by atoms with van der Waals surface area (Å²) in [7, 11) is 0. The van der Waals surface area contributed by atoms with Crippen molar-refractivity contribution < 1.29 is 9.59 Å². The zero-order chi connectivity index (χ0) is 14.2. The molecule has 102 valence electrons. The van der Waals surface area contributed by atoms with Crippen molar-refractivity contribution in [1.29, 1.82) is 0 Å². The molecule has 0 aliphatic carbocycles. The fraction of sp³-hybridized carbons (Fsp3) is 0.222. The molecule has 0 fully saturated rings. The molecule has 2 heteroatoms. The van der Waals surface area contributed by atoms with Gasteiger partial charge in [0.1, 0.15) is 12.6 Å². The Bertz CT molecular complexity index is 494. The Morgan fingerprint density at radius 1 is 0.800 bits per heavy atom. The molecule has 0 spiro atoms. The van der Waals surface area contributed by atoms with E-state index in [2.05, 4.69) is 24.3 Å². The first-order valence-corrected chi connectivity index (χ1v) is 6.84. The van der Waals surface area contributed by atoms with Crippen LogP contribution in [0.1, 0.15) is 29.9 Å². The molecule has 0 aromatic heterocycles. The first-order valence-electron chi connectivity index (χ1n) is 6.84. The highest BCUT2D eigenvalue weighted by Crippen LogP contribution is 2.31. The van der Waals surface area contributed by atoms with Crippen molar-refractivity contribution in [2.24, 2.45) is 5.92 Å². The topological polar surface area (TPSA) is 34.1 Å². The van der Waals surface area contributed by atoms with Gasteiger partial charge in [-0.15, -0.1) is 0 Å². The molecule has 0 heterocycles. The van der Waals surface area contributed by atoms with Gasteiger partial charge in [-0.05, 0) is 17.5 Å². The lowest BCUT2D eigenvalue weighted by Gasteiger charge is -2.20. The molecule has 0 saturated carbocycles. The molecule has 2 aromatic rings. The Morgan fingerprint density at radius 3 is 1.70 bits per heavy atom. The minimum Gasteiger partial charge on any atom is -0.303 e. The van der Waals surface area contributed by atoms with E-state index in [0.29, 0.717) is 12.8 Å². The molecule has 0 radical (unpaired) electrons. The van der Waals surface area contributed by atoms with Crippen LogP contribution in [0, 0.1) is 5.92 Å². The molecule has 2 rings (SSSR count). The Balaban J connectivity index is 2.30. The zero-order valence-electron chi connectivity index (χ0n) is 11.3. The lowest BCUT2D eigenvalue weighted by Crippen LogP contribution is -2.11. The maximum Gasteiger partial charge on any atom is 0.123 e. The number of carbonyl (C=O) groups excluding carboxylic acids is 2. The minimum atomic E-state index is -0.224. The van der Waals surface area contributed by atoms with Gasteiger partial charge in [0, 0.05) is 18.3 Å². The summed E-state index contributed by atoms with van der Waals surface area (Å²) < 4.78 is 0. The number of hydrogen-bond acceptors (Lipinski definition) is 2. The van der Waals surface area contributed by atoms with Crippen molar-refractivity contribution in [3.63, 3.8) is 0 Å². The normalized spacial score (nSPS) is 12.1. The summed E-state index contributed by atoms with van der Waals surface area (Å²) in [5, 5.41) is 0. The van der Waals surface area contributed by atoms with E-state index in [1.54, 1.807) is 0 Å². The van der Waals surface area contributed by atoms with Crippen molar-refractivity contribution in [2.75, 3.05) is 0 Å². The second-order valence-electron chi connectivity index (χ2n) is 4.91. The van der Waals surface area contributed by atoms with Gasteiger partial charge in [-0.3, -0.25) is 0 Å². The number of carbonyl (C=O) groups is 2. The van der Waals surface area contributed by atoms with Gasteiger partial charge in [-0.1, -0.05) is 60.7 Å². The summed E-state index contributed by atoms with van der Waals surface area (Å²) in [6.45, 7) is 0. The van der Waals surface area contributed by atoms with E-state index in [0.717, 1.165) is 12.6 Å². The van der Waals surface area contributed by atoms with Crippen molar-refractivity contribution in [3.05, 3.63) is 71.8 Å². The van der Waals surface area contributed by atoms with Crippen LogP contribution in [0.3, 0.4) is 0 Å². The Morgan fingerprint density at radius 2 is 1.30 bits per heavy atom. The van der Waals surface area contributed by atoms with Gasteiger partial charge in [0.15, 0.2) is 0 Å². The van der Waals surface area contributed by atoms with Crippen LogP contribution in [-0.4, -0.2) is 12.6 Å². The average Bonchev–Trinajstić information content (AvgIpc) is 2.53. The van der Waals surface area contributed by atoms with E-state index in [1.165, 1.54) is 11.1 Å². The molecule has 0 aliphatic heterocycles. The van der Waals surface area contributed by atoms with Gasteiger partial charge in [0.2, 0.25) is 0 Å². The highest BCUT2D eigenvalue weighted by molar-refractivity contribution is 5.62. The predicted octanol–water partition coefficient (Wildman–Crippen LogP) is 3.61. The quantitative estimate of drug-likeness (QED) is 0.717. The molecular weight excluding hydrogens is 248 g/mol. The second-order valence-corrected chi connectivity index (χ2v) is 4.91. The van der Waals surface area contributed by atoms with Gasteiger partial charge in [0.25, 0.3) is 0 Å². The van der Waals surface area contributed by atoms with Crippen LogP contribution in [0.5, 0.6) is 0 Å². The average molecular weight is 266 g/mol. The summed E-state index contributed by atoms with van der Waals surface area (Å²) in [4.78, 5) is 21.8. The second kappa shape index (κ2) is 7.39. The third-order valence-electron chi connectivity index (χ3n) is 3.53. The van der Waals surface area contributed by atoms with Crippen LogP contribution < -0.4 is 0 Å². The Kier molecular flexibility index (Phi) is 5.24. The van der Waals surface area contributed by atoms with E-state index >= 15 is 0 Å². The molecule has 1 unspecified atom stereocenters. The Hall–Kier alpha value is -2.22. The fourth-order valence-electron chi connectivity index (χ4n) is 2.47. The number of hydrogen-bond donors (Lipinski definition) is 0. The fourth-order valence-corrected chi connectivity index (χ4v) is 2.47. The van der Waals surface area contributed by atoms with Crippen LogP contribution in [-0.2, 0) is 9.59 Å². The third kappa shape index (κ3) is 3.64. The molecule has 1 atom stereocenters.